The van der Waals surface area contributed by atoms with Crippen molar-refractivity contribution in [3.05, 3.63) is 0 Å². The van der Waals surface area contributed by atoms with E-state index in [0.29, 0.717) is 6.04 Å². The lowest BCUT2D eigenvalue weighted by Crippen LogP contribution is -2.42. The summed E-state index contributed by atoms with van der Waals surface area (Å²) in [6.45, 7) is 8.87. The third-order valence-electron chi connectivity index (χ3n) is 3.10. The summed E-state index contributed by atoms with van der Waals surface area (Å²) in [5.41, 5.74) is 0. The average Bonchev–Trinajstić information content (AvgIpc) is 2.32. The molecule has 4 heteroatoms. The first kappa shape index (κ1) is 18.2. The third kappa shape index (κ3) is 12.0. The van der Waals surface area contributed by atoms with E-state index in [2.05, 4.69) is 55.4 Å². The lowest BCUT2D eigenvalue weighted by Gasteiger charge is -2.18. The quantitative estimate of drug-likeness (QED) is 0.384. The van der Waals surface area contributed by atoms with Crippen LogP contribution in [0.1, 0.15) is 46.5 Å². The zero-order chi connectivity index (χ0) is 14.7. The van der Waals surface area contributed by atoms with Crippen molar-refractivity contribution in [2.24, 2.45) is 10.9 Å². The van der Waals surface area contributed by atoms with Gasteiger partial charge >= 0.3 is 0 Å². The average molecular weight is 270 g/mol. The van der Waals surface area contributed by atoms with Crippen LogP contribution in [0.5, 0.6) is 0 Å². The van der Waals surface area contributed by atoms with Gasteiger partial charge in [0.1, 0.15) is 0 Å². The summed E-state index contributed by atoms with van der Waals surface area (Å²) in [7, 11) is 6.04. The molecule has 0 radical (unpaired) electrons. The van der Waals surface area contributed by atoms with Gasteiger partial charge in [0.2, 0.25) is 0 Å². The van der Waals surface area contributed by atoms with Gasteiger partial charge in [0, 0.05) is 19.6 Å². The number of nitrogens with zero attached hydrogens (tertiary/aromatic N) is 2. The zero-order valence-corrected chi connectivity index (χ0v) is 13.8. The molecule has 0 aromatic rings. The first-order valence-corrected chi connectivity index (χ1v) is 7.57. The standard InChI is InChI=1S/C15H34N4/c1-13(2)9-7-10-14(3)18-15(16-4)17-11-8-12-19(5)6/h13-14H,7-12H2,1-6H3,(H2,16,17,18). The van der Waals surface area contributed by atoms with Crippen molar-refractivity contribution in [3.63, 3.8) is 0 Å². The fraction of sp³-hybridized carbons (Fsp3) is 0.933. The molecule has 0 saturated heterocycles. The van der Waals surface area contributed by atoms with E-state index in [4.69, 9.17) is 0 Å². The predicted octanol–water partition coefficient (Wildman–Crippen LogP) is 2.32. The largest absolute Gasteiger partial charge is 0.356 e. The maximum Gasteiger partial charge on any atom is 0.191 e. The molecule has 0 saturated carbocycles. The van der Waals surface area contributed by atoms with Gasteiger partial charge < -0.3 is 15.5 Å². The Morgan fingerprint density at radius 1 is 1.11 bits per heavy atom. The van der Waals surface area contributed by atoms with Crippen molar-refractivity contribution in [1.82, 2.24) is 15.5 Å². The summed E-state index contributed by atoms with van der Waals surface area (Å²) in [5, 5.41) is 6.82. The summed E-state index contributed by atoms with van der Waals surface area (Å²) < 4.78 is 0. The summed E-state index contributed by atoms with van der Waals surface area (Å²) in [6, 6.07) is 0.485. The van der Waals surface area contributed by atoms with E-state index < -0.39 is 0 Å². The molecule has 0 aromatic carbocycles. The second kappa shape index (κ2) is 11.1. The lowest BCUT2D eigenvalue weighted by molar-refractivity contribution is 0.399. The second-order valence-corrected chi connectivity index (χ2v) is 6.03. The van der Waals surface area contributed by atoms with Crippen molar-refractivity contribution >= 4 is 5.96 Å². The molecule has 2 N–H and O–H groups in total. The molecule has 0 rings (SSSR count). The van der Waals surface area contributed by atoms with E-state index in [1.165, 1.54) is 19.3 Å². The summed E-state index contributed by atoms with van der Waals surface area (Å²) in [5.74, 6) is 1.73. The number of rotatable bonds is 9. The SMILES string of the molecule is CN=C(NCCCN(C)C)NC(C)CCCC(C)C. The number of guanidine groups is 1. The minimum absolute atomic E-state index is 0.485. The van der Waals surface area contributed by atoms with Crippen molar-refractivity contribution < 1.29 is 0 Å². The van der Waals surface area contributed by atoms with Crippen LogP contribution in [0, 0.1) is 5.92 Å². The zero-order valence-electron chi connectivity index (χ0n) is 13.8. The van der Waals surface area contributed by atoms with Crippen LogP contribution in [-0.4, -0.2) is 51.1 Å². The van der Waals surface area contributed by atoms with Crippen LogP contribution in [0.15, 0.2) is 4.99 Å². The Labute approximate surface area is 120 Å². The summed E-state index contributed by atoms with van der Waals surface area (Å²) in [4.78, 5) is 6.47. The summed E-state index contributed by atoms with van der Waals surface area (Å²) in [6.07, 6.45) is 4.93. The smallest absolute Gasteiger partial charge is 0.191 e. The van der Waals surface area contributed by atoms with Gasteiger partial charge in [-0.05, 0) is 46.3 Å². The minimum Gasteiger partial charge on any atom is -0.356 e. The van der Waals surface area contributed by atoms with E-state index >= 15 is 0 Å². The topological polar surface area (TPSA) is 39.7 Å². The molecule has 0 aromatic heterocycles. The molecule has 0 spiro atoms. The molecule has 0 aliphatic rings. The molecular weight excluding hydrogens is 236 g/mol. The van der Waals surface area contributed by atoms with E-state index in [9.17, 15) is 0 Å². The van der Waals surface area contributed by atoms with Gasteiger partial charge in [-0.3, -0.25) is 4.99 Å². The molecule has 0 amide bonds. The van der Waals surface area contributed by atoms with Crippen LogP contribution >= 0.6 is 0 Å². The molecular formula is C15H34N4. The maximum atomic E-state index is 4.27. The molecule has 0 heterocycles. The van der Waals surface area contributed by atoms with Crippen molar-refractivity contribution in [2.75, 3.05) is 34.2 Å². The third-order valence-corrected chi connectivity index (χ3v) is 3.10. The van der Waals surface area contributed by atoms with Crippen molar-refractivity contribution in [2.45, 2.75) is 52.5 Å². The molecule has 0 bridgehead atoms. The fourth-order valence-electron chi connectivity index (χ4n) is 1.93. The van der Waals surface area contributed by atoms with E-state index in [1.54, 1.807) is 0 Å². The Kier molecular flexibility index (Phi) is 10.6. The van der Waals surface area contributed by atoms with Gasteiger partial charge in [-0.2, -0.15) is 0 Å². The maximum absolute atomic E-state index is 4.27. The highest BCUT2D eigenvalue weighted by molar-refractivity contribution is 5.79. The molecule has 19 heavy (non-hydrogen) atoms. The van der Waals surface area contributed by atoms with Crippen LogP contribution < -0.4 is 10.6 Å². The van der Waals surface area contributed by atoms with Crippen LogP contribution in [0.2, 0.25) is 0 Å². The van der Waals surface area contributed by atoms with Gasteiger partial charge in [-0.15, -0.1) is 0 Å². The molecule has 0 aliphatic heterocycles. The Hall–Kier alpha value is -0.770. The highest BCUT2D eigenvalue weighted by atomic mass is 15.2. The molecule has 114 valence electrons. The Bertz CT molecular complexity index is 236. The van der Waals surface area contributed by atoms with Crippen LogP contribution in [-0.2, 0) is 0 Å². The van der Waals surface area contributed by atoms with E-state index in [-0.39, 0.29) is 0 Å². The van der Waals surface area contributed by atoms with Crippen molar-refractivity contribution in [1.29, 1.82) is 0 Å². The minimum atomic E-state index is 0.485. The number of hydrogen-bond donors (Lipinski definition) is 2. The normalized spacial score (nSPS) is 14.0. The van der Waals surface area contributed by atoms with E-state index in [1.807, 2.05) is 7.05 Å². The number of aliphatic imine (C=N–C) groups is 1. The molecule has 0 fully saturated rings. The lowest BCUT2D eigenvalue weighted by atomic mass is 10.0. The summed E-state index contributed by atoms with van der Waals surface area (Å²) >= 11 is 0. The number of hydrogen-bond acceptors (Lipinski definition) is 2. The van der Waals surface area contributed by atoms with Crippen LogP contribution in [0.25, 0.3) is 0 Å². The molecule has 0 aliphatic carbocycles. The van der Waals surface area contributed by atoms with Crippen LogP contribution in [0.3, 0.4) is 0 Å². The Balaban J connectivity index is 3.73. The molecule has 4 nitrogen and oxygen atoms in total. The molecule has 1 unspecified atom stereocenters. The predicted molar refractivity (Wildman–Crippen MR) is 85.8 cm³/mol. The number of nitrogens with one attached hydrogen (secondary N) is 2. The highest BCUT2D eigenvalue weighted by Gasteiger charge is 2.05. The second-order valence-electron chi connectivity index (χ2n) is 6.03. The Morgan fingerprint density at radius 3 is 2.32 bits per heavy atom. The highest BCUT2D eigenvalue weighted by Crippen LogP contribution is 2.07. The van der Waals surface area contributed by atoms with E-state index in [0.717, 1.165) is 31.4 Å². The first-order valence-electron chi connectivity index (χ1n) is 7.57. The fourth-order valence-corrected chi connectivity index (χ4v) is 1.93. The first-order chi connectivity index (χ1) is 8.95. The van der Waals surface area contributed by atoms with Gasteiger partial charge in [-0.1, -0.05) is 26.7 Å². The van der Waals surface area contributed by atoms with Gasteiger partial charge in [0.05, 0.1) is 0 Å². The van der Waals surface area contributed by atoms with Gasteiger partial charge in [-0.25, -0.2) is 0 Å². The van der Waals surface area contributed by atoms with Crippen molar-refractivity contribution in [3.8, 4) is 0 Å². The monoisotopic (exact) mass is 270 g/mol. The van der Waals surface area contributed by atoms with Gasteiger partial charge in [0.25, 0.3) is 0 Å². The van der Waals surface area contributed by atoms with Crippen LogP contribution in [0.4, 0.5) is 0 Å². The van der Waals surface area contributed by atoms with Gasteiger partial charge in [0.15, 0.2) is 5.96 Å². The Morgan fingerprint density at radius 2 is 1.79 bits per heavy atom. The molecule has 1 atom stereocenters.